The van der Waals surface area contributed by atoms with Crippen molar-refractivity contribution in [2.24, 2.45) is 16.2 Å². The Balaban J connectivity index is 1.47. The summed E-state index contributed by atoms with van der Waals surface area (Å²) < 4.78 is 0. The highest BCUT2D eigenvalue weighted by atomic mass is 32.1. The molecule has 8 nitrogen and oxygen atoms in total. The summed E-state index contributed by atoms with van der Waals surface area (Å²) in [4.78, 5) is 47.7. The van der Waals surface area contributed by atoms with E-state index in [9.17, 15) is 19.5 Å². The molecule has 0 spiro atoms. The van der Waals surface area contributed by atoms with E-state index < -0.39 is 29.0 Å². The molecule has 2 aromatic rings. The Kier molecular flexibility index (Phi) is 8.22. The molecule has 2 heterocycles. The SMILES string of the molecule is Cc1ncsc1-c1ccc([C@H](C)NC(=O)[C@@H]2C[C@@H](O)CN2C(=O)[C@@H](NC(=O)C2(C(C)(C)C)CC2)C(C)(C)C)cc1. The highest BCUT2D eigenvalue weighted by Crippen LogP contribution is 2.58. The molecule has 3 N–H and O–H groups in total. The molecule has 1 aliphatic heterocycles. The van der Waals surface area contributed by atoms with Crippen molar-refractivity contribution in [2.45, 2.75) is 98.9 Å². The van der Waals surface area contributed by atoms with Crippen molar-refractivity contribution in [3.63, 3.8) is 0 Å². The number of nitrogens with one attached hydrogen (secondary N) is 2. The largest absolute Gasteiger partial charge is 0.391 e. The van der Waals surface area contributed by atoms with Gasteiger partial charge in [-0.15, -0.1) is 11.3 Å². The first-order valence-corrected chi connectivity index (χ1v) is 15.0. The van der Waals surface area contributed by atoms with Crippen molar-refractivity contribution in [3.8, 4) is 10.4 Å². The Morgan fingerprint density at radius 2 is 1.70 bits per heavy atom. The molecule has 40 heavy (non-hydrogen) atoms. The average molecular weight is 569 g/mol. The number of aliphatic hydroxyl groups excluding tert-OH is 1. The van der Waals surface area contributed by atoms with Crippen molar-refractivity contribution in [3.05, 3.63) is 41.0 Å². The Morgan fingerprint density at radius 1 is 1.07 bits per heavy atom. The topological polar surface area (TPSA) is 112 Å². The van der Waals surface area contributed by atoms with Crippen molar-refractivity contribution >= 4 is 29.1 Å². The van der Waals surface area contributed by atoms with Crippen LogP contribution in [0.3, 0.4) is 0 Å². The number of benzene rings is 1. The second kappa shape index (κ2) is 10.9. The minimum absolute atomic E-state index is 0.0566. The molecule has 1 aromatic heterocycles. The number of carbonyl (C=O) groups is 3. The van der Waals surface area contributed by atoms with E-state index in [2.05, 4.69) is 36.4 Å². The summed E-state index contributed by atoms with van der Waals surface area (Å²) in [7, 11) is 0. The van der Waals surface area contributed by atoms with Crippen molar-refractivity contribution in [2.75, 3.05) is 6.54 Å². The molecule has 0 unspecified atom stereocenters. The summed E-state index contributed by atoms with van der Waals surface area (Å²) >= 11 is 1.59. The highest BCUT2D eigenvalue weighted by Gasteiger charge is 2.59. The van der Waals surface area contributed by atoms with E-state index in [1.165, 1.54) is 4.90 Å². The number of aliphatic hydroxyl groups is 1. The van der Waals surface area contributed by atoms with Gasteiger partial charge in [-0.05, 0) is 48.6 Å². The maximum absolute atomic E-state index is 13.9. The minimum atomic E-state index is -0.819. The van der Waals surface area contributed by atoms with Gasteiger partial charge >= 0.3 is 0 Å². The quantitative estimate of drug-likeness (QED) is 0.452. The zero-order valence-corrected chi connectivity index (χ0v) is 25.8. The number of aryl methyl sites for hydroxylation is 1. The lowest BCUT2D eigenvalue weighted by Gasteiger charge is -2.38. The van der Waals surface area contributed by atoms with Gasteiger partial charge in [-0.25, -0.2) is 4.98 Å². The van der Waals surface area contributed by atoms with Crippen LogP contribution in [0.1, 0.15) is 85.0 Å². The summed E-state index contributed by atoms with van der Waals surface area (Å²) in [6.45, 7) is 15.8. The monoisotopic (exact) mass is 568 g/mol. The lowest BCUT2D eigenvalue weighted by Crippen LogP contribution is -2.59. The molecule has 0 radical (unpaired) electrons. The molecule has 0 bridgehead atoms. The van der Waals surface area contributed by atoms with Gasteiger partial charge in [0, 0.05) is 13.0 Å². The first-order chi connectivity index (χ1) is 18.5. The van der Waals surface area contributed by atoms with Gasteiger partial charge < -0.3 is 20.6 Å². The van der Waals surface area contributed by atoms with Crippen molar-refractivity contribution in [1.29, 1.82) is 0 Å². The van der Waals surface area contributed by atoms with Gasteiger partial charge in [0.15, 0.2) is 0 Å². The summed E-state index contributed by atoms with van der Waals surface area (Å²) in [5.74, 6) is -0.758. The number of likely N-dealkylation sites (tertiary alicyclic amines) is 1. The molecule has 1 saturated carbocycles. The van der Waals surface area contributed by atoms with E-state index in [-0.39, 0.29) is 42.1 Å². The van der Waals surface area contributed by atoms with Crippen molar-refractivity contribution in [1.82, 2.24) is 20.5 Å². The number of thiazole rings is 1. The molecular formula is C31H44N4O4S. The van der Waals surface area contributed by atoms with Gasteiger partial charge in [-0.2, -0.15) is 0 Å². The summed E-state index contributed by atoms with van der Waals surface area (Å²) in [6.07, 6.45) is 0.940. The molecule has 1 aliphatic carbocycles. The van der Waals surface area contributed by atoms with Gasteiger partial charge in [0.05, 0.1) is 33.6 Å². The first kappa shape index (κ1) is 30.2. The normalized spacial score (nSPS) is 22.0. The van der Waals surface area contributed by atoms with Crippen LogP contribution < -0.4 is 10.6 Å². The fourth-order valence-electron chi connectivity index (χ4n) is 5.73. The summed E-state index contributed by atoms with van der Waals surface area (Å²) in [5, 5.41) is 16.6. The first-order valence-electron chi connectivity index (χ1n) is 14.2. The van der Waals surface area contributed by atoms with E-state index in [0.717, 1.165) is 34.5 Å². The van der Waals surface area contributed by atoms with Gasteiger partial charge in [0.2, 0.25) is 17.7 Å². The lowest BCUT2D eigenvalue weighted by atomic mass is 9.76. The lowest BCUT2D eigenvalue weighted by molar-refractivity contribution is -0.145. The summed E-state index contributed by atoms with van der Waals surface area (Å²) in [6, 6.07) is 6.09. The maximum atomic E-state index is 13.9. The second-order valence-corrected chi connectivity index (χ2v) is 14.5. The highest BCUT2D eigenvalue weighted by molar-refractivity contribution is 7.13. The van der Waals surface area contributed by atoms with Crippen molar-refractivity contribution < 1.29 is 19.5 Å². The van der Waals surface area contributed by atoms with Crippen LogP contribution in [0.15, 0.2) is 29.8 Å². The Bertz CT molecular complexity index is 1250. The summed E-state index contributed by atoms with van der Waals surface area (Å²) in [5.41, 5.74) is 3.54. The van der Waals surface area contributed by atoms with E-state index in [4.69, 9.17) is 0 Å². The van der Waals surface area contributed by atoms with Crippen LogP contribution >= 0.6 is 11.3 Å². The third kappa shape index (κ3) is 5.96. The molecule has 1 aromatic carbocycles. The molecule has 2 aliphatic rings. The molecular weight excluding hydrogens is 524 g/mol. The average Bonchev–Trinajstić information content (AvgIpc) is 3.46. The number of β-amino-alcohol motifs (C(OH)–C–C–N with tert-alkyl or cyclic N) is 1. The molecule has 1 saturated heterocycles. The van der Waals surface area contributed by atoms with Crippen LogP contribution in [0.4, 0.5) is 0 Å². The number of carbonyl (C=O) groups excluding carboxylic acids is 3. The minimum Gasteiger partial charge on any atom is -0.391 e. The fourth-order valence-corrected chi connectivity index (χ4v) is 6.54. The maximum Gasteiger partial charge on any atom is 0.246 e. The van der Waals surface area contributed by atoms with Gasteiger partial charge in [-0.3, -0.25) is 14.4 Å². The number of hydrogen-bond acceptors (Lipinski definition) is 6. The Hall–Kier alpha value is -2.78. The second-order valence-electron chi connectivity index (χ2n) is 13.6. The van der Waals surface area contributed by atoms with Crippen LogP contribution in [0.25, 0.3) is 10.4 Å². The molecule has 9 heteroatoms. The molecule has 3 amide bonds. The molecule has 218 valence electrons. The smallest absolute Gasteiger partial charge is 0.246 e. The molecule has 2 fully saturated rings. The Morgan fingerprint density at radius 3 is 2.20 bits per heavy atom. The Labute approximate surface area is 242 Å². The van der Waals surface area contributed by atoms with Crippen LogP contribution in [0.5, 0.6) is 0 Å². The van der Waals surface area contributed by atoms with E-state index >= 15 is 0 Å². The number of hydrogen-bond donors (Lipinski definition) is 3. The third-order valence-corrected chi connectivity index (χ3v) is 9.63. The zero-order valence-electron chi connectivity index (χ0n) is 25.0. The number of aromatic nitrogens is 1. The van der Waals surface area contributed by atoms with Crippen LogP contribution in [-0.4, -0.2) is 57.4 Å². The van der Waals surface area contributed by atoms with Gasteiger partial charge in [0.25, 0.3) is 0 Å². The van der Waals surface area contributed by atoms with E-state index in [0.29, 0.717) is 0 Å². The molecule has 4 atom stereocenters. The predicted molar refractivity (Wildman–Crippen MR) is 157 cm³/mol. The van der Waals surface area contributed by atoms with E-state index in [1.807, 2.05) is 64.4 Å². The van der Waals surface area contributed by atoms with Crippen LogP contribution in [-0.2, 0) is 14.4 Å². The number of rotatable bonds is 7. The zero-order chi connectivity index (χ0) is 29.6. The third-order valence-electron chi connectivity index (χ3n) is 8.65. The number of amides is 3. The fraction of sp³-hybridized carbons (Fsp3) is 0.613. The standard InChI is InChI=1S/C31H44N4O4S/c1-18(20-9-11-21(12-10-20)24-19(2)32-17-40-24)33-26(37)23-15-22(36)16-35(23)27(38)25(29(3,4)5)34-28(39)31(13-14-31)30(6,7)8/h9-12,17-18,22-23,25,36H,13-16H2,1-8H3,(H,33,37)(H,34,39)/t18-,22+,23-,25+/m0/s1. The van der Waals surface area contributed by atoms with Crippen LogP contribution in [0, 0.1) is 23.2 Å². The number of nitrogens with zero attached hydrogens (tertiary/aromatic N) is 2. The molecule has 4 rings (SSSR count). The van der Waals surface area contributed by atoms with Gasteiger partial charge in [0.1, 0.15) is 12.1 Å². The predicted octanol–water partition coefficient (Wildman–Crippen LogP) is 4.61. The van der Waals surface area contributed by atoms with Crippen LogP contribution in [0.2, 0.25) is 0 Å². The van der Waals surface area contributed by atoms with E-state index in [1.54, 1.807) is 11.3 Å². The van der Waals surface area contributed by atoms with Gasteiger partial charge in [-0.1, -0.05) is 65.8 Å².